The van der Waals surface area contributed by atoms with Crippen LogP contribution in [0.25, 0.3) is 0 Å². The number of benzene rings is 1. The molecule has 1 aromatic heterocycles. The van der Waals surface area contributed by atoms with Gasteiger partial charge in [-0.2, -0.15) is 5.10 Å². The second-order valence-corrected chi connectivity index (χ2v) is 5.24. The van der Waals surface area contributed by atoms with Crippen LogP contribution in [0.4, 0.5) is 0 Å². The molecule has 0 spiro atoms. The highest BCUT2D eigenvalue weighted by atomic mass is 16.4. The molecule has 2 N–H and O–H groups in total. The molecule has 0 saturated heterocycles. The van der Waals surface area contributed by atoms with Crippen LogP contribution in [0, 0.1) is 0 Å². The topological polar surface area (TPSA) is 97.1 Å². The van der Waals surface area contributed by atoms with E-state index in [2.05, 4.69) is 15.4 Å². The van der Waals surface area contributed by atoms with Gasteiger partial charge < -0.3 is 10.4 Å². The van der Waals surface area contributed by atoms with Gasteiger partial charge in [-0.3, -0.25) is 9.59 Å². The maximum Gasteiger partial charge on any atom is 0.303 e. The Hall–Kier alpha value is -2.70. The van der Waals surface area contributed by atoms with E-state index in [1.807, 2.05) is 24.3 Å². The largest absolute Gasteiger partial charge is 0.481 e. The zero-order valence-electron chi connectivity index (χ0n) is 12.8. The van der Waals surface area contributed by atoms with Crippen LogP contribution < -0.4 is 5.32 Å². The molecule has 0 aliphatic rings. The number of unbranched alkanes of at least 4 members (excludes halogenated alkanes) is 1. The maximum absolute atomic E-state index is 11.8. The summed E-state index contributed by atoms with van der Waals surface area (Å²) in [5, 5.41) is 15.5. The Kier molecular flexibility index (Phi) is 6.28. The Morgan fingerprint density at radius 2 is 1.87 bits per heavy atom. The van der Waals surface area contributed by atoms with E-state index < -0.39 is 5.97 Å². The molecule has 0 aliphatic carbocycles. The van der Waals surface area contributed by atoms with Crippen molar-refractivity contribution in [3.05, 3.63) is 48.0 Å². The molecule has 0 aliphatic heterocycles. The van der Waals surface area contributed by atoms with E-state index in [0.717, 1.165) is 11.1 Å². The summed E-state index contributed by atoms with van der Waals surface area (Å²) < 4.78 is 1.73. The zero-order chi connectivity index (χ0) is 16.5. The predicted octanol–water partition coefficient (Wildman–Crippen LogP) is 1.59. The number of rotatable bonds is 9. The van der Waals surface area contributed by atoms with Crippen molar-refractivity contribution in [2.24, 2.45) is 0 Å². The Labute approximate surface area is 134 Å². The molecule has 0 atom stereocenters. The van der Waals surface area contributed by atoms with Gasteiger partial charge in [0.25, 0.3) is 0 Å². The van der Waals surface area contributed by atoms with Gasteiger partial charge in [-0.15, -0.1) is 0 Å². The molecule has 1 heterocycles. The van der Waals surface area contributed by atoms with Crippen LogP contribution in [-0.2, 0) is 22.7 Å². The van der Waals surface area contributed by atoms with Crippen molar-refractivity contribution in [2.75, 3.05) is 0 Å². The predicted molar refractivity (Wildman–Crippen MR) is 83.5 cm³/mol. The third-order valence-electron chi connectivity index (χ3n) is 3.44. The molecule has 7 heteroatoms. The summed E-state index contributed by atoms with van der Waals surface area (Å²) in [5.74, 6) is -0.890. The highest BCUT2D eigenvalue weighted by molar-refractivity contribution is 5.76. The molecule has 0 bridgehead atoms. The first-order valence-electron chi connectivity index (χ1n) is 7.53. The van der Waals surface area contributed by atoms with Gasteiger partial charge in [-0.1, -0.05) is 24.3 Å². The Morgan fingerprint density at radius 3 is 2.57 bits per heavy atom. The minimum Gasteiger partial charge on any atom is -0.481 e. The van der Waals surface area contributed by atoms with Crippen LogP contribution in [0.5, 0.6) is 0 Å². The van der Waals surface area contributed by atoms with E-state index in [1.54, 1.807) is 11.0 Å². The van der Waals surface area contributed by atoms with Gasteiger partial charge in [-0.25, -0.2) is 9.67 Å². The lowest BCUT2D eigenvalue weighted by molar-refractivity contribution is -0.137. The van der Waals surface area contributed by atoms with Crippen molar-refractivity contribution in [1.29, 1.82) is 0 Å². The standard InChI is InChI=1S/C16H20N4O3/c21-15(7-3-4-8-16(22)23)18-9-13-5-1-2-6-14(13)10-20-12-17-11-19-20/h1-2,5-6,11-12H,3-4,7-10H2,(H,18,21)(H,22,23). The van der Waals surface area contributed by atoms with Crippen LogP contribution in [0.15, 0.2) is 36.9 Å². The average Bonchev–Trinajstić information content (AvgIpc) is 3.03. The smallest absolute Gasteiger partial charge is 0.303 e. The Morgan fingerprint density at radius 1 is 1.13 bits per heavy atom. The van der Waals surface area contributed by atoms with E-state index in [4.69, 9.17) is 5.11 Å². The van der Waals surface area contributed by atoms with E-state index >= 15 is 0 Å². The second-order valence-electron chi connectivity index (χ2n) is 5.24. The summed E-state index contributed by atoms with van der Waals surface area (Å²) in [6, 6.07) is 7.84. The second kappa shape index (κ2) is 8.67. The minimum atomic E-state index is -0.826. The number of nitrogens with one attached hydrogen (secondary N) is 1. The van der Waals surface area contributed by atoms with E-state index in [0.29, 0.717) is 32.4 Å². The molecule has 0 unspecified atom stereocenters. The number of hydrogen-bond donors (Lipinski definition) is 2. The third-order valence-corrected chi connectivity index (χ3v) is 3.44. The van der Waals surface area contributed by atoms with Crippen molar-refractivity contribution >= 4 is 11.9 Å². The number of aromatic nitrogens is 3. The maximum atomic E-state index is 11.8. The number of carbonyl (C=O) groups is 2. The number of amides is 1. The fourth-order valence-corrected chi connectivity index (χ4v) is 2.22. The number of carbonyl (C=O) groups excluding carboxylic acids is 1. The molecule has 0 fully saturated rings. The van der Waals surface area contributed by atoms with Gasteiger partial charge in [0.1, 0.15) is 12.7 Å². The summed E-state index contributed by atoms with van der Waals surface area (Å²) in [6.07, 6.45) is 4.69. The molecule has 122 valence electrons. The van der Waals surface area contributed by atoms with Gasteiger partial charge in [0.15, 0.2) is 0 Å². The molecule has 7 nitrogen and oxygen atoms in total. The highest BCUT2D eigenvalue weighted by Gasteiger charge is 2.06. The number of carboxylic acids is 1. The average molecular weight is 316 g/mol. The van der Waals surface area contributed by atoms with Gasteiger partial charge in [0, 0.05) is 19.4 Å². The molecule has 2 rings (SSSR count). The van der Waals surface area contributed by atoms with Gasteiger partial charge in [-0.05, 0) is 24.0 Å². The SMILES string of the molecule is O=C(O)CCCCC(=O)NCc1ccccc1Cn1cncn1. The van der Waals surface area contributed by atoms with Crippen LogP contribution in [-0.4, -0.2) is 31.7 Å². The number of carboxylic acid groups (broad SMARTS) is 1. The van der Waals surface area contributed by atoms with Crippen LogP contribution in [0.3, 0.4) is 0 Å². The fraction of sp³-hybridized carbons (Fsp3) is 0.375. The molecule has 0 saturated carbocycles. The van der Waals surface area contributed by atoms with E-state index in [9.17, 15) is 9.59 Å². The molecular formula is C16H20N4O3. The molecule has 1 amide bonds. The lowest BCUT2D eigenvalue weighted by atomic mass is 10.1. The number of aliphatic carboxylic acids is 1. The first-order chi connectivity index (χ1) is 11.1. The Balaban J connectivity index is 1.81. The lowest BCUT2D eigenvalue weighted by Gasteiger charge is -2.10. The van der Waals surface area contributed by atoms with Crippen LogP contribution in [0.1, 0.15) is 36.8 Å². The first-order valence-corrected chi connectivity index (χ1v) is 7.53. The van der Waals surface area contributed by atoms with Crippen molar-refractivity contribution in [1.82, 2.24) is 20.1 Å². The molecule has 2 aromatic rings. The van der Waals surface area contributed by atoms with E-state index in [-0.39, 0.29) is 12.3 Å². The summed E-state index contributed by atoms with van der Waals surface area (Å²) in [6.45, 7) is 1.05. The van der Waals surface area contributed by atoms with Crippen LogP contribution >= 0.6 is 0 Å². The molecule has 1 aromatic carbocycles. The van der Waals surface area contributed by atoms with Crippen molar-refractivity contribution < 1.29 is 14.7 Å². The quantitative estimate of drug-likeness (QED) is 0.685. The monoisotopic (exact) mass is 316 g/mol. The third kappa shape index (κ3) is 5.90. The van der Waals surface area contributed by atoms with Crippen LogP contribution in [0.2, 0.25) is 0 Å². The van der Waals surface area contributed by atoms with Gasteiger partial charge in [0.05, 0.1) is 6.54 Å². The lowest BCUT2D eigenvalue weighted by Crippen LogP contribution is -2.23. The van der Waals surface area contributed by atoms with Gasteiger partial charge >= 0.3 is 5.97 Å². The zero-order valence-corrected chi connectivity index (χ0v) is 12.8. The molecule has 23 heavy (non-hydrogen) atoms. The summed E-state index contributed by atoms with van der Waals surface area (Å²) >= 11 is 0. The number of nitrogens with zero attached hydrogens (tertiary/aromatic N) is 3. The van der Waals surface area contributed by atoms with Crippen molar-refractivity contribution in [3.63, 3.8) is 0 Å². The van der Waals surface area contributed by atoms with E-state index in [1.165, 1.54) is 6.33 Å². The highest BCUT2D eigenvalue weighted by Crippen LogP contribution is 2.10. The molecule has 0 radical (unpaired) electrons. The first kappa shape index (κ1) is 16.7. The molecular weight excluding hydrogens is 296 g/mol. The summed E-state index contributed by atoms with van der Waals surface area (Å²) in [7, 11) is 0. The minimum absolute atomic E-state index is 0.0639. The Bertz CT molecular complexity index is 641. The summed E-state index contributed by atoms with van der Waals surface area (Å²) in [4.78, 5) is 26.1. The van der Waals surface area contributed by atoms with Gasteiger partial charge in [0.2, 0.25) is 5.91 Å². The van der Waals surface area contributed by atoms with Crippen molar-refractivity contribution in [2.45, 2.75) is 38.8 Å². The fourth-order valence-electron chi connectivity index (χ4n) is 2.22. The van der Waals surface area contributed by atoms with Crippen molar-refractivity contribution in [3.8, 4) is 0 Å². The summed E-state index contributed by atoms with van der Waals surface area (Å²) in [5.41, 5.74) is 2.10. The number of hydrogen-bond acceptors (Lipinski definition) is 4. The normalized spacial score (nSPS) is 10.4.